The number of hydrogen-bond acceptors (Lipinski definition) is 7. The van der Waals surface area contributed by atoms with Crippen molar-refractivity contribution in [2.45, 2.75) is 49.2 Å². The van der Waals surface area contributed by atoms with E-state index in [9.17, 15) is 17.8 Å². The normalized spacial score (nSPS) is 22.2. The topological polar surface area (TPSA) is 81.2 Å². The molecular weight excluding hydrogens is 504 g/mol. The highest BCUT2D eigenvalue weighted by Crippen LogP contribution is 2.41. The highest BCUT2D eigenvalue weighted by atomic mass is 32.2. The van der Waals surface area contributed by atoms with Crippen LogP contribution in [0.1, 0.15) is 32.1 Å². The first kappa shape index (κ1) is 25.7. The zero-order valence-electron chi connectivity index (χ0n) is 21.0. The third kappa shape index (κ3) is 5.51. The molecule has 0 spiro atoms. The van der Waals surface area contributed by atoms with Crippen LogP contribution in [0.4, 0.5) is 20.2 Å². The van der Waals surface area contributed by atoms with Crippen molar-refractivity contribution in [3.8, 4) is 17.2 Å². The van der Waals surface area contributed by atoms with Crippen molar-refractivity contribution >= 4 is 28.1 Å². The molecule has 1 amide bonds. The predicted octanol–water partition coefficient (Wildman–Crippen LogP) is 4.16. The van der Waals surface area contributed by atoms with Gasteiger partial charge < -0.3 is 24.0 Å². The molecule has 5 rings (SSSR count). The number of benzene rings is 1. The number of ether oxygens (including phenoxy) is 3. The van der Waals surface area contributed by atoms with Crippen LogP contribution in [-0.4, -0.2) is 71.6 Å². The molecule has 0 radical (unpaired) electrons. The monoisotopic (exact) mass is 535 g/mol. The van der Waals surface area contributed by atoms with E-state index >= 15 is 0 Å². The Morgan fingerprint density at radius 2 is 1.97 bits per heavy atom. The van der Waals surface area contributed by atoms with E-state index in [0.29, 0.717) is 54.9 Å². The fourth-order valence-corrected chi connectivity index (χ4v) is 5.86. The average molecular weight is 536 g/mol. The Morgan fingerprint density at radius 1 is 1.19 bits per heavy atom. The molecule has 1 aromatic carbocycles. The molecule has 3 aliphatic rings. The summed E-state index contributed by atoms with van der Waals surface area (Å²) in [6.45, 7) is 2.08. The van der Waals surface area contributed by atoms with Crippen molar-refractivity contribution in [2.75, 3.05) is 44.5 Å². The van der Waals surface area contributed by atoms with E-state index in [1.54, 1.807) is 17.4 Å². The highest BCUT2D eigenvalue weighted by molar-refractivity contribution is 7.84. The van der Waals surface area contributed by atoms with Crippen LogP contribution in [0.2, 0.25) is 0 Å². The number of methoxy groups -OCH3 is 1. The SMILES string of the molecule is COc1cc(N2CCOc3ccc(O[C@H]4CCN(C(=O)C5CCC(F)(F)CC5)C4)cc32)cnc1S(C)=O. The molecular formula is C26H31F2N3O5S. The van der Waals surface area contributed by atoms with E-state index in [2.05, 4.69) is 4.98 Å². The maximum atomic E-state index is 13.5. The predicted molar refractivity (Wildman–Crippen MR) is 135 cm³/mol. The summed E-state index contributed by atoms with van der Waals surface area (Å²) in [5.41, 5.74) is 1.59. The van der Waals surface area contributed by atoms with Gasteiger partial charge in [-0.25, -0.2) is 13.8 Å². The summed E-state index contributed by atoms with van der Waals surface area (Å²) in [6, 6.07) is 7.42. The number of anilines is 2. The Labute approximate surface area is 217 Å². The van der Waals surface area contributed by atoms with Crippen LogP contribution in [-0.2, 0) is 15.6 Å². The lowest BCUT2D eigenvalue weighted by Gasteiger charge is -2.32. The number of carbonyl (C=O) groups is 1. The Hall–Kier alpha value is -2.95. The van der Waals surface area contributed by atoms with Crippen LogP contribution < -0.4 is 19.1 Å². The fraction of sp³-hybridized carbons (Fsp3) is 0.538. The van der Waals surface area contributed by atoms with Crippen molar-refractivity contribution in [2.24, 2.45) is 5.92 Å². The third-order valence-electron chi connectivity index (χ3n) is 7.23. The number of aromatic nitrogens is 1. The van der Waals surface area contributed by atoms with Crippen LogP contribution in [0.25, 0.3) is 0 Å². The van der Waals surface area contributed by atoms with Gasteiger partial charge >= 0.3 is 0 Å². The smallest absolute Gasteiger partial charge is 0.248 e. The summed E-state index contributed by atoms with van der Waals surface area (Å²) in [5, 5.41) is 0.388. The van der Waals surface area contributed by atoms with E-state index in [1.807, 2.05) is 29.2 Å². The molecule has 3 heterocycles. The molecule has 11 heteroatoms. The number of nitrogens with zero attached hydrogens (tertiary/aromatic N) is 3. The quantitative estimate of drug-likeness (QED) is 0.549. The van der Waals surface area contributed by atoms with E-state index in [0.717, 1.165) is 11.4 Å². The number of halogens is 2. The molecule has 1 aromatic heterocycles. The minimum absolute atomic E-state index is 0.0375. The Bertz CT molecular complexity index is 1190. The summed E-state index contributed by atoms with van der Waals surface area (Å²) in [4.78, 5) is 21.0. The van der Waals surface area contributed by atoms with Crippen molar-refractivity contribution in [1.82, 2.24) is 9.88 Å². The van der Waals surface area contributed by atoms with Crippen LogP contribution >= 0.6 is 0 Å². The average Bonchev–Trinajstić information content (AvgIpc) is 3.36. The van der Waals surface area contributed by atoms with Crippen molar-refractivity contribution in [3.05, 3.63) is 30.5 Å². The minimum atomic E-state index is -2.64. The Balaban J connectivity index is 1.27. The lowest BCUT2D eigenvalue weighted by atomic mass is 9.86. The van der Waals surface area contributed by atoms with Gasteiger partial charge in [-0.2, -0.15) is 0 Å². The lowest BCUT2D eigenvalue weighted by Crippen LogP contribution is -2.39. The number of pyridine rings is 1. The second kappa shape index (κ2) is 10.4. The van der Waals surface area contributed by atoms with Crippen molar-refractivity contribution in [3.63, 3.8) is 0 Å². The number of alkyl halides is 2. The number of hydrogen-bond donors (Lipinski definition) is 0. The van der Waals surface area contributed by atoms with Crippen LogP contribution in [0, 0.1) is 5.92 Å². The zero-order valence-corrected chi connectivity index (χ0v) is 21.8. The summed E-state index contributed by atoms with van der Waals surface area (Å²) < 4.78 is 56.4. The second-order valence-corrected chi connectivity index (χ2v) is 11.0. The standard InChI is InChI=1S/C26H31F2N3O5S/c1-34-23-13-18(15-29-24(23)37(2)33)31-11-12-35-22-4-3-19(14-21(22)31)36-20-7-10-30(16-20)25(32)17-5-8-26(27,28)9-6-17/h3-4,13-15,17,20H,5-12,16H2,1-2H3/t20-,37?/m0/s1. The largest absolute Gasteiger partial charge is 0.494 e. The summed E-state index contributed by atoms with van der Waals surface area (Å²) in [6.07, 6.45) is 3.78. The van der Waals surface area contributed by atoms with Crippen LogP contribution in [0.15, 0.2) is 35.5 Å². The number of amides is 1. The molecule has 1 saturated carbocycles. The first-order valence-electron chi connectivity index (χ1n) is 12.5. The molecule has 2 atom stereocenters. The minimum Gasteiger partial charge on any atom is -0.494 e. The Kier molecular flexibility index (Phi) is 7.24. The molecule has 1 aliphatic carbocycles. The fourth-order valence-electron chi connectivity index (χ4n) is 5.23. The molecule has 0 N–H and O–H groups in total. The third-order valence-corrected chi connectivity index (χ3v) is 8.08. The number of likely N-dealkylation sites (tertiary alicyclic amines) is 1. The van der Waals surface area contributed by atoms with Gasteiger partial charge in [-0.05, 0) is 25.0 Å². The first-order valence-corrected chi connectivity index (χ1v) is 14.0. The molecule has 0 bridgehead atoms. The summed E-state index contributed by atoms with van der Waals surface area (Å²) >= 11 is 0. The maximum Gasteiger partial charge on any atom is 0.248 e. The van der Waals surface area contributed by atoms with E-state index in [4.69, 9.17) is 14.2 Å². The van der Waals surface area contributed by atoms with Crippen LogP contribution in [0.3, 0.4) is 0 Å². The van der Waals surface area contributed by atoms with E-state index in [1.165, 1.54) is 7.11 Å². The molecule has 1 saturated heterocycles. The number of fused-ring (bicyclic) bond motifs is 1. The van der Waals surface area contributed by atoms with Gasteiger partial charge in [0.1, 0.15) is 24.2 Å². The lowest BCUT2D eigenvalue weighted by molar-refractivity contribution is -0.138. The van der Waals surface area contributed by atoms with Gasteiger partial charge in [0.15, 0.2) is 10.8 Å². The van der Waals surface area contributed by atoms with Gasteiger partial charge in [0.05, 0.1) is 48.6 Å². The molecule has 200 valence electrons. The Morgan fingerprint density at radius 3 is 2.70 bits per heavy atom. The molecule has 8 nitrogen and oxygen atoms in total. The first-order chi connectivity index (χ1) is 17.7. The van der Waals surface area contributed by atoms with Crippen LogP contribution in [0.5, 0.6) is 17.2 Å². The maximum absolute atomic E-state index is 13.5. The van der Waals surface area contributed by atoms with Gasteiger partial charge in [-0.15, -0.1) is 0 Å². The molecule has 1 unspecified atom stereocenters. The van der Waals surface area contributed by atoms with Gasteiger partial charge in [0.2, 0.25) is 11.8 Å². The van der Waals surface area contributed by atoms with Gasteiger partial charge in [-0.3, -0.25) is 9.00 Å². The van der Waals surface area contributed by atoms with E-state index < -0.39 is 16.7 Å². The van der Waals surface area contributed by atoms with Gasteiger partial charge in [0, 0.05) is 50.1 Å². The van der Waals surface area contributed by atoms with Crippen molar-refractivity contribution in [1.29, 1.82) is 0 Å². The van der Waals surface area contributed by atoms with Crippen molar-refractivity contribution < 1.29 is 32.0 Å². The number of rotatable bonds is 6. The van der Waals surface area contributed by atoms with Gasteiger partial charge in [-0.1, -0.05) is 0 Å². The molecule has 2 fully saturated rings. The molecule has 2 aliphatic heterocycles. The van der Waals surface area contributed by atoms with E-state index in [-0.39, 0.29) is 43.6 Å². The molecule has 2 aromatic rings. The highest BCUT2D eigenvalue weighted by Gasteiger charge is 2.40. The number of carbonyl (C=O) groups excluding carboxylic acids is 1. The summed E-state index contributed by atoms with van der Waals surface area (Å²) in [5.74, 6) is -1.19. The zero-order chi connectivity index (χ0) is 26.2. The summed E-state index contributed by atoms with van der Waals surface area (Å²) in [7, 11) is 0.245. The molecule has 37 heavy (non-hydrogen) atoms. The second-order valence-electron chi connectivity index (χ2n) is 9.73. The van der Waals surface area contributed by atoms with Gasteiger partial charge in [0.25, 0.3) is 0 Å².